The van der Waals surface area contributed by atoms with Gasteiger partial charge in [-0.15, -0.1) is 0 Å². The van der Waals surface area contributed by atoms with Gasteiger partial charge in [0.25, 0.3) is 0 Å². The summed E-state index contributed by atoms with van der Waals surface area (Å²) < 4.78 is 11.2. The summed E-state index contributed by atoms with van der Waals surface area (Å²) in [6.45, 7) is 6.87. The summed E-state index contributed by atoms with van der Waals surface area (Å²) in [5.74, 6) is 0.769. The number of nitrogens with zero attached hydrogens (tertiary/aromatic N) is 2. The lowest BCUT2D eigenvalue weighted by Gasteiger charge is -2.48. The Labute approximate surface area is 171 Å². The SMILES string of the molecule is CSC[C@@]12CC[C@@H](CN(C(=O)OCc3ccccc3)C1)N2C(=O)OC(C)(C)C. The summed E-state index contributed by atoms with van der Waals surface area (Å²) in [7, 11) is 0. The molecule has 1 aromatic rings. The van der Waals surface area contributed by atoms with Gasteiger partial charge in [0.2, 0.25) is 0 Å². The zero-order valence-electron chi connectivity index (χ0n) is 17.1. The van der Waals surface area contributed by atoms with E-state index >= 15 is 0 Å². The number of carbonyl (C=O) groups is 2. The number of piperazine rings is 1. The Morgan fingerprint density at radius 2 is 1.93 bits per heavy atom. The Kier molecular flexibility index (Phi) is 6.12. The highest BCUT2D eigenvalue weighted by atomic mass is 32.2. The summed E-state index contributed by atoms with van der Waals surface area (Å²) in [5.41, 5.74) is 0.0317. The molecule has 2 aliphatic rings. The van der Waals surface area contributed by atoms with Crippen LogP contribution in [-0.4, -0.2) is 64.3 Å². The fraction of sp³-hybridized carbons (Fsp3) is 0.619. The van der Waals surface area contributed by atoms with Gasteiger partial charge in [0, 0.05) is 18.8 Å². The number of fused-ring (bicyclic) bond motifs is 2. The Morgan fingerprint density at radius 3 is 2.57 bits per heavy atom. The molecule has 0 N–H and O–H groups in total. The highest BCUT2D eigenvalue weighted by Gasteiger charge is 2.55. The van der Waals surface area contributed by atoms with E-state index in [2.05, 4.69) is 0 Å². The lowest BCUT2D eigenvalue weighted by molar-refractivity contribution is -0.0270. The quantitative estimate of drug-likeness (QED) is 0.752. The van der Waals surface area contributed by atoms with Crippen LogP contribution in [-0.2, 0) is 16.1 Å². The zero-order chi connectivity index (χ0) is 20.4. The van der Waals surface area contributed by atoms with Crippen LogP contribution in [0, 0.1) is 0 Å². The number of likely N-dealkylation sites (tertiary alicyclic amines) is 1. The van der Waals surface area contributed by atoms with E-state index in [0.29, 0.717) is 13.1 Å². The molecule has 0 unspecified atom stereocenters. The highest BCUT2D eigenvalue weighted by molar-refractivity contribution is 7.98. The van der Waals surface area contributed by atoms with Crippen molar-refractivity contribution in [3.63, 3.8) is 0 Å². The predicted molar refractivity (Wildman–Crippen MR) is 110 cm³/mol. The molecule has 2 amide bonds. The minimum Gasteiger partial charge on any atom is -0.445 e. The second-order valence-electron chi connectivity index (χ2n) is 8.62. The molecule has 0 spiro atoms. The molecule has 2 fully saturated rings. The molecule has 0 aliphatic carbocycles. The van der Waals surface area contributed by atoms with Crippen LogP contribution in [0.3, 0.4) is 0 Å². The summed E-state index contributed by atoms with van der Waals surface area (Å²) in [4.78, 5) is 29.3. The Hall–Kier alpha value is -1.89. The van der Waals surface area contributed by atoms with E-state index in [1.54, 1.807) is 16.7 Å². The molecule has 6 nitrogen and oxygen atoms in total. The molecule has 0 aromatic heterocycles. The maximum absolute atomic E-state index is 12.9. The minimum absolute atomic E-state index is 0.0278. The molecule has 2 bridgehead atoms. The maximum atomic E-state index is 12.9. The first-order valence-electron chi connectivity index (χ1n) is 9.71. The van der Waals surface area contributed by atoms with Crippen molar-refractivity contribution in [3.8, 4) is 0 Å². The first-order valence-corrected chi connectivity index (χ1v) is 11.1. The first kappa shape index (κ1) is 20.8. The average Bonchev–Trinajstić information content (AvgIpc) is 2.86. The van der Waals surface area contributed by atoms with Gasteiger partial charge in [-0.1, -0.05) is 30.3 Å². The Balaban J connectivity index is 1.70. The molecule has 0 radical (unpaired) electrons. The van der Waals surface area contributed by atoms with Crippen molar-refractivity contribution >= 4 is 23.9 Å². The van der Waals surface area contributed by atoms with Crippen molar-refractivity contribution in [2.24, 2.45) is 0 Å². The number of thioether (sulfide) groups is 1. The zero-order valence-corrected chi connectivity index (χ0v) is 18.0. The number of amides is 2. The van der Waals surface area contributed by atoms with E-state index in [1.165, 1.54) is 0 Å². The largest absolute Gasteiger partial charge is 0.445 e. The monoisotopic (exact) mass is 406 g/mol. The van der Waals surface area contributed by atoms with Crippen LogP contribution in [0.4, 0.5) is 9.59 Å². The van der Waals surface area contributed by atoms with E-state index < -0.39 is 11.1 Å². The number of hydrogen-bond acceptors (Lipinski definition) is 5. The van der Waals surface area contributed by atoms with Gasteiger partial charge in [0.15, 0.2) is 0 Å². The third-order valence-electron chi connectivity index (χ3n) is 5.20. The number of ether oxygens (including phenoxy) is 2. The van der Waals surface area contributed by atoms with Crippen LogP contribution in [0.1, 0.15) is 39.2 Å². The van der Waals surface area contributed by atoms with Crippen LogP contribution >= 0.6 is 11.8 Å². The van der Waals surface area contributed by atoms with E-state index in [1.807, 2.05) is 62.3 Å². The van der Waals surface area contributed by atoms with Gasteiger partial charge >= 0.3 is 12.2 Å². The second-order valence-corrected chi connectivity index (χ2v) is 9.49. The van der Waals surface area contributed by atoms with Crippen molar-refractivity contribution in [1.82, 2.24) is 9.80 Å². The molecule has 0 saturated carbocycles. The fourth-order valence-corrected chi connectivity index (χ4v) is 5.05. The van der Waals surface area contributed by atoms with Crippen LogP contribution in [0.2, 0.25) is 0 Å². The molecular formula is C21H30N2O4S. The number of carbonyl (C=O) groups excluding carboxylic acids is 2. The third kappa shape index (κ3) is 4.57. The van der Waals surface area contributed by atoms with E-state index in [9.17, 15) is 9.59 Å². The molecule has 2 atom stereocenters. The normalized spacial score (nSPS) is 24.2. The molecule has 1 aromatic carbocycles. The minimum atomic E-state index is -0.539. The third-order valence-corrected chi connectivity index (χ3v) is 6.03. The van der Waals surface area contributed by atoms with E-state index in [4.69, 9.17) is 9.47 Å². The van der Waals surface area contributed by atoms with Crippen LogP contribution in [0.5, 0.6) is 0 Å². The topological polar surface area (TPSA) is 59.1 Å². The van der Waals surface area contributed by atoms with Crippen molar-refractivity contribution in [2.45, 2.75) is 57.4 Å². The fourth-order valence-electron chi connectivity index (χ4n) is 4.13. The lowest BCUT2D eigenvalue weighted by atomic mass is 9.98. The maximum Gasteiger partial charge on any atom is 0.411 e. The van der Waals surface area contributed by atoms with Crippen molar-refractivity contribution in [2.75, 3.05) is 25.1 Å². The average molecular weight is 407 g/mol. The summed E-state index contributed by atoms with van der Waals surface area (Å²) in [6, 6.07) is 9.64. The van der Waals surface area contributed by atoms with Gasteiger partial charge in [-0.3, -0.25) is 4.90 Å². The van der Waals surface area contributed by atoms with Crippen molar-refractivity contribution in [3.05, 3.63) is 35.9 Å². The molecule has 154 valence electrons. The van der Waals surface area contributed by atoms with Gasteiger partial charge in [-0.05, 0) is 45.4 Å². The first-order chi connectivity index (χ1) is 13.2. The number of hydrogen-bond donors (Lipinski definition) is 0. The molecule has 2 heterocycles. The summed E-state index contributed by atoms with van der Waals surface area (Å²) in [5, 5.41) is 0. The van der Waals surface area contributed by atoms with Crippen LogP contribution in [0.15, 0.2) is 30.3 Å². The Bertz CT molecular complexity index is 702. The molecule has 2 aliphatic heterocycles. The number of benzene rings is 1. The lowest BCUT2D eigenvalue weighted by Crippen LogP contribution is -2.65. The van der Waals surface area contributed by atoms with Gasteiger partial charge < -0.3 is 14.4 Å². The molecular weight excluding hydrogens is 376 g/mol. The van der Waals surface area contributed by atoms with Crippen molar-refractivity contribution < 1.29 is 19.1 Å². The second kappa shape index (κ2) is 8.23. The van der Waals surface area contributed by atoms with Gasteiger partial charge in [-0.2, -0.15) is 11.8 Å². The number of rotatable bonds is 4. The molecule has 28 heavy (non-hydrogen) atoms. The Morgan fingerprint density at radius 1 is 1.21 bits per heavy atom. The van der Waals surface area contributed by atoms with Crippen molar-refractivity contribution in [1.29, 1.82) is 0 Å². The van der Waals surface area contributed by atoms with Gasteiger partial charge in [0.05, 0.1) is 11.6 Å². The van der Waals surface area contributed by atoms with E-state index in [0.717, 1.165) is 24.2 Å². The molecule has 7 heteroatoms. The smallest absolute Gasteiger partial charge is 0.411 e. The van der Waals surface area contributed by atoms with Gasteiger partial charge in [0.1, 0.15) is 12.2 Å². The van der Waals surface area contributed by atoms with Crippen LogP contribution < -0.4 is 0 Å². The summed E-state index contributed by atoms with van der Waals surface area (Å²) >= 11 is 1.69. The summed E-state index contributed by atoms with van der Waals surface area (Å²) in [6.07, 6.45) is 3.19. The molecule has 2 saturated heterocycles. The standard InChI is InChI=1S/C21H30N2O4S/c1-20(2,3)27-19(25)23-17-10-11-21(23,15-28-4)14-22(12-17)18(24)26-13-16-8-6-5-7-9-16/h5-9,17H,10-15H2,1-4H3/t17-,21+/m0/s1. The van der Waals surface area contributed by atoms with Crippen LogP contribution in [0.25, 0.3) is 0 Å². The predicted octanol–water partition coefficient (Wildman–Crippen LogP) is 4.14. The van der Waals surface area contributed by atoms with Gasteiger partial charge in [-0.25, -0.2) is 9.59 Å². The highest BCUT2D eigenvalue weighted by Crippen LogP contribution is 2.42. The van der Waals surface area contributed by atoms with E-state index in [-0.39, 0.29) is 24.8 Å². The molecule has 3 rings (SSSR count).